The highest BCUT2D eigenvalue weighted by molar-refractivity contribution is 5.97. The van der Waals surface area contributed by atoms with Crippen LogP contribution < -0.4 is 5.32 Å². The number of benzene rings is 1. The second-order valence-electron chi connectivity index (χ2n) is 7.29. The number of aryl methyl sites for hydroxylation is 2. The van der Waals surface area contributed by atoms with Gasteiger partial charge in [0.15, 0.2) is 0 Å². The SMILES string of the molecule is CCCCN(CCCC)C(=O)C(CCC(=O)O)NC(=O)c1ccc(C)c(C)c1. The molecule has 6 nitrogen and oxygen atoms in total. The van der Waals surface area contributed by atoms with E-state index in [0.29, 0.717) is 18.7 Å². The van der Waals surface area contributed by atoms with Gasteiger partial charge in [0.25, 0.3) is 5.91 Å². The molecule has 1 atom stereocenters. The molecule has 1 rings (SSSR count). The van der Waals surface area contributed by atoms with Gasteiger partial charge in [-0.3, -0.25) is 14.4 Å². The number of hydrogen-bond acceptors (Lipinski definition) is 3. The van der Waals surface area contributed by atoms with Crippen molar-refractivity contribution in [3.63, 3.8) is 0 Å². The van der Waals surface area contributed by atoms with Crippen LogP contribution in [0.5, 0.6) is 0 Å². The number of rotatable bonds is 12. The molecule has 2 amide bonds. The number of hydrogen-bond donors (Lipinski definition) is 2. The van der Waals surface area contributed by atoms with Crippen LogP contribution in [0, 0.1) is 13.8 Å². The van der Waals surface area contributed by atoms with Gasteiger partial charge < -0.3 is 15.3 Å². The predicted molar refractivity (Wildman–Crippen MR) is 110 cm³/mol. The normalized spacial score (nSPS) is 11.7. The minimum absolute atomic E-state index is 0.0828. The van der Waals surface area contributed by atoms with Crippen LogP contribution in [0.4, 0.5) is 0 Å². The van der Waals surface area contributed by atoms with Crippen LogP contribution in [0.15, 0.2) is 18.2 Å². The molecule has 156 valence electrons. The summed E-state index contributed by atoms with van der Waals surface area (Å²) >= 11 is 0. The largest absolute Gasteiger partial charge is 0.481 e. The molecule has 0 aliphatic rings. The lowest BCUT2D eigenvalue weighted by Crippen LogP contribution is -2.49. The van der Waals surface area contributed by atoms with Crippen molar-refractivity contribution in [3.8, 4) is 0 Å². The monoisotopic (exact) mass is 390 g/mol. The van der Waals surface area contributed by atoms with Gasteiger partial charge in [0.1, 0.15) is 6.04 Å². The predicted octanol–water partition coefficient (Wildman–Crippen LogP) is 3.70. The van der Waals surface area contributed by atoms with E-state index < -0.39 is 12.0 Å². The van der Waals surface area contributed by atoms with Gasteiger partial charge in [-0.2, -0.15) is 0 Å². The number of nitrogens with zero attached hydrogens (tertiary/aromatic N) is 1. The van der Waals surface area contributed by atoms with Gasteiger partial charge in [0.05, 0.1) is 0 Å². The van der Waals surface area contributed by atoms with E-state index in [1.54, 1.807) is 17.0 Å². The van der Waals surface area contributed by atoms with Crippen molar-refractivity contribution >= 4 is 17.8 Å². The van der Waals surface area contributed by atoms with E-state index in [1.165, 1.54) is 0 Å². The molecule has 0 aliphatic carbocycles. The lowest BCUT2D eigenvalue weighted by atomic mass is 10.0. The van der Waals surface area contributed by atoms with E-state index in [-0.39, 0.29) is 24.7 Å². The molecule has 1 aromatic rings. The lowest BCUT2D eigenvalue weighted by Gasteiger charge is -2.28. The van der Waals surface area contributed by atoms with Crippen molar-refractivity contribution in [1.82, 2.24) is 10.2 Å². The summed E-state index contributed by atoms with van der Waals surface area (Å²) in [6.45, 7) is 9.26. The molecular weight excluding hydrogens is 356 g/mol. The molecule has 0 bridgehead atoms. The third kappa shape index (κ3) is 7.71. The van der Waals surface area contributed by atoms with E-state index in [1.807, 2.05) is 19.9 Å². The summed E-state index contributed by atoms with van der Waals surface area (Å²) in [4.78, 5) is 38.6. The highest BCUT2D eigenvalue weighted by atomic mass is 16.4. The Kier molecular flexibility index (Phi) is 10.3. The second kappa shape index (κ2) is 12.2. The molecule has 0 aromatic heterocycles. The topological polar surface area (TPSA) is 86.7 Å². The van der Waals surface area contributed by atoms with Crippen molar-refractivity contribution in [2.75, 3.05) is 13.1 Å². The summed E-state index contributed by atoms with van der Waals surface area (Å²) in [6, 6.07) is 4.55. The number of carbonyl (C=O) groups is 3. The van der Waals surface area contributed by atoms with Crippen molar-refractivity contribution in [2.45, 2.75) is 72.3 Å². The van der Waals surface area contributed by atoms with Gasteiger partial charge in [-0.05, 0) is 56.4 Å². The molecule has 0 fully saturated rings. The van der Waals surface area contributed by atoms with Crippen LogP contribution in [-0.4, -0.2) is 46.9 Å². The number of unbranched alkanes of at least 4 members (excludes halogenated alkanes) is 2. The Morgan fingerprint density at radius 1 is 1.04 bits per heavy atom. The van der Waals surface area contributed by atoms with Crippen LogP contribution in [-0.2, 0) is 9.59 Å². The lowest BCUT2D eigenvalue weighted by molar-refractivity contribution is -0.138. The van der Waals surface area contributed by atoms with Gasteiger partial charge in [0, 0.05) is 25.1 Å². The molecule has 0 spiro atoms. The molecule has 0 radical (unpaired) electrons. The molecule has 1 aromatic carbocycles. The molecule has 0 saturated carbocycles. The smallest absolute Gasteiger partial charge is 0.303 e. The summed E-state index contributed by atoms with van der Waals surface area (Å²) in [7, 11) is 0. The molecule has 6 heteroatoms. The molecule has 28 heavy (non-hydrogen) atoms. The fourth-order valence-corrected chi connectivity index (χ4v) is 2.90. The van der Waals surface area contributed by atoms with E-state index in [2.05, 4.69) is 19.2 Å². The number of carboxylic acid groups (broad SMARTS) is 1. The maximum Gasteiger partial charge on any atom is 0.303 e. The fourth-order valence-electron chi connectivity index (χ4n) is 2.90. The highest BCUT2D eigenvalue weighted by Gasteiger charge is 2.26. The summed E-state index contributed by atoms with van der Waals surface area (Å²) < 4.78 is 0. The molecule has 0 heterocycles. The summed E-state index contributed by atoms with van der Waals surface area (Å²) in [5.74, 6) is -1.52. The minimum Gasteiger partial charge on any atom is -0.481 e. The average molecular weight is 391 g/mol. The minimum atomic E-state index is -0.980. The van der Waals surface area contributed by atoms with Crippen molar-refractivity contribution in [2.24, 2.45) is 0 Å². The standard InChI is InChI=1S/C22H34N2O4/c1-5-7-13-24(14-8-6-2)22(28)19(11-12-20(25)26)23-21(27)18-10-9-16(3)17(4)15-18/h9-10,15,19H,5-8,11-14H2,1-4H3,(H,23,27)(H,25,26). The fraction of sp³-hybridized carbons (Fsp3) is 0.591. The average Bonchev–Trinajstić information content (AvgIpc) is 2.66. The molecule has 0 saturated heterocycles. The first-order valence-corrected chi connectivity index (χ1v) is 10.2. The first kappa shape index (κ1) is 23.7. The Labute approximate surface area is 168 Å². The Morgan fingerprint density at radius 2 is 1.64 bits per heavy atom. The summed E-state index contributed by atoms with van der Waals surface area (Å²) in [5.41, 5.74) is 2.55. The molecular formula is C22H34N2O4. The zero-order chi connectivity index (χ0) is 21.1. The highest BCUT2D eigenvalue weighted by Crippen LogP contribution is 2.12. The van der Waals surface area contributed by atoms with E-state index in [4.69, 9.17) is 5.11 Å². The van der Waals surface area contributed by atoms with Crippen molar-refractivity contribution in [1.29, 1.82) is 0 Å². The number of carbonyl (C=O) groups excluding carboxylic acids is 2. The maximum absolute atomic E-state index is 13.1. The third-order valence-electron chi connectivity index (χ3n) is 4.89. The first-order valence-electron chi connectivity index (χ1n) is 10.2. The van der Waals surface area contributed by atoms with Crippen LogP contribution in [0.25, 0.3) is 0 Å². The van der Waals surface area contributed by atoms with E-state index >= 15 is 0 Å². The number of carboxylic acids is 1. The van der Waals surface area contributed by atoms with Crippen LogP contribution in [0.3, 0.4) is 0 Å². The maximum atomic E-state index is 13.1. The van der Waals surface area contributed by atoms with E-state index in [9.17, 15) is 14.4 Å². The number of nitrogens with one attached hydrogen (secondary N) is 1. The quantitative estimate of drug-likeness (QED) is 0.570. The van der Waals surface area contributed by atoms with E-state index in [0.717, 1.165) is 36.8 Å². The first-order chi connectivity index (χ1) is 13.3. The Balaban J connectivity index is 2.97. The van der Waals surface area contributed by atoms with Crippen molar-refractivity contribution in [3.05, 3.63) is 34.9 Å². The molecule has 2 N–H and O–H groups in total. The Bertz CT molecular complexity index is 665. The van der Waals surface area contributed by atoms with Crippen LogP contribution >= 0.6 is 0 Å². The van der Waals surface area contributed by atoms with Gasteiger partial charge in [0.2, 0.25) is 5.91 Å². The molecule has 0 aliphatic heterocycles. The second-order valence-corrected chi connectivity index (χ2v) is 7.29. The van der Waals surface area contributed by atoms with Crippen molar-refractivity contribution < 1.29 is 19.5 Å². The van der Waals surface area contributed by atoms with Gasteiger partial charge in [-0.15, -0.1) is 0 Å². The van der Waals surface area contributed by atoms with Gasteiger partial charge in [-0.25, -0.2) is 0 Å². The summed E-state index contributed by atoms with van der Waals surface area (Å²) in [5, 5.41) is 11.8. The Morgan fingerprint density at radius 3 is 2.14 bits per heavy atom. The van der Waals surface area contributed by atoms with Crippen LogP contribution in [0.2, 0.25) is 0 Å². The number of aliphatic carboxylic acids is 1. The third-order valence-corrected chi connectivity index (χ3v) is 4.89. The number of amides is 2. The van der Waals surface area contributed by atoms with Crippen LogP contribution in [0.1, 0.15) is 73.9 Å². The molecule has 1 unspecified atom stereocenters. The summed E-state index contributed by atoms with van der Waals surface area (Å²) in [6.07, 6.45) is 3.60. The zero-order valence-electron chi connectivity index (χ0n) is 17.6. The Hall–Kier alpha value is -2.37. The zero-order valence-corrected chi connectivity index (χ0v) is 17.6. The van der Waals surface area contributed by atoms with Gasteiger partial charge >= 0.3 is 5.97 Å². The van der Waals surface area contributed by atoms with Gasteiger partial charge in [-0.1, -0.05) is 32.8 Å².